The third kappa shape index (κ3) is 3.24. The smallest absolute Gasteiger partial charge is 0.243 e. The summed E-state index contributed by atoms with van der Waals surface area (Å²) in [6.45, 7) is 0. The Morgan fingerprint density at radius 1 is 1.11 bits per heavy atom. The van der Waals surface area contributed by atoms with Crippen molar-refractivity contribution in [3.63, 3.8) is 0 Å². The number of carbonyl (C=O) groups is 1. The van der Waals surface area contributed by atoms with Gasteiger partial charge in [0, 0.05) is 17.3 Å². The summed E-state index contributed by atoms with van der Waals surface area (Å²) in [4.78, 5) is 13.1. The van der Waals surface area contributed by atoms with E-state index in [9.17, 15) is 10.1 Å². The van der Waals surface area contributed by atoms with E-state index in [2.05, 4.69) is 16.5 Å². The number of rotatable bonds is 5. The number of carbonyl (C=O) groups excluding carboxylic acids is 1. The molecule has 0 atom stereocenters. The summed E-state index contributed by atoms with van der Waals surface area (Å²) in [6, 6.07) is 22.4. The Morgan fingerprint density at radius 2 is 1.79 bits per heavy atom. The fraction of sp³-hybridized carbons (Fsp3) is 0. The molecular weight excluding hydrogens is 372 g/mol. The molecule has 4 rings (SSSR count). The molecule has 28 heavy (non-hydrogen) atoms. The van der Waals surface area contributed by atoms with Gasteiger partial charge in [0.15, 0.2) is 0 Å². The molecule has 3 N–H and O–H groups in total. The lowest BCUT2D eigenvalue weighted by molar-refractivity contribution is 0.100. The van der Waals surface area contributed by atoms with E-state index in [1.54, 1.807) is 6.07 Å². The Kier molecular flexibility index (Phi) is 4.62. The number of benzene rings is 2. The molecule has 0 bridgehead atoms. The summed E-state index contributed by atoms with van der Waals surface area (Å²) in [5.74, 6) is -0.336. The van der Waals surface area contributed by atoms with E-state index in [0.29, 0.717) is 10.7 Å². The lowest BCUT2D eigenvalue weighted by Crippen LogP contribution is -2.01. The second-order valence-electron chi connectivity index (χ2n) is 5.92. The highest BCUT2D eigenvalue weighted by atomic mass is 32.1. The number of nitriles is 1. The van der Waals surface area contributed by atoms with Crippen LogP contribution in [-0.2, 0) is 0 Å². The van der Waals surface area contributed by atoms with Crippen LogP contribution in [0.3, 0.4) is 0 Å². The van der Waals surface area contributed by atoms with Crippen LogP contribution >= 0.6 is 11.3 Å². The largest absolute Gasteiger partial charge is 0.396 e. The van der Waals surface area contributed by atoms with Gasteiger partial charge in [0.1, 0.15) is 27.2 Å². The van der Waals surface area contributed by atoms with Gasteiger partial charge in [0.05, 0.1) is 5.69 Å². The highest BCUT2D eigenvalue weighted by molar-refractivity contribution is 7.19. The standard InChI is InChI=1S/C21H14N4O2S/c22-12-15-18(23)20(28-21(15)24-14-9-5-2-6-10-14)19(26)17-11-16(25-27-17)13-7-3-1-4-8-13/h1-11,24H,23H2. The van der Waals surface area contributed by atoms with E-state index in [1.165, 1.54) is 0 Å². The number of aromatic nitrogens is 1. The van der Waals surface area contributed by atoms with Crippen LogP contribution in [-0.4, -0.2) is 10.9 Å². The summed E-state index contributed by atoms with van der Waals surface area (Å²) >= 11 is 1.12. The lowest BCUT2D eigenvalue weighted by Gasteiger charge is -2.03. The van der Waals surface area contributed by atoms with Crippen molar-refractivity contribution in [2.75, 3.05) is 11.1 Å². The van der Waals surface area contributed by atoms with Gasteiger partial charge in [0.2, 0.25) is 11.5 Å². The zero-order valence-corrected chi connectivity index (χ0v) is 15.4. The molecule has 0 fully saturated rings. The number of hydrogen-bond donors (Lipinski definition) is 2. The molecule has 0 amide bonds. The van der Waals surface area contributed by atoms with E-state index < -0.39 is 5.78 Å². The van der Waals surface area contributed by atoms with Crippen molar-refractivity contribution in [3.8, 4) is 17.3 Å². The maximum Gasteiger partial charge on any atom is 0.243 e. The quantitative estimate of drug-likeness (QED) is 0.476. The third-order valence-electron chi connectivity index (χ3n) is 4.10. The average Bonchev–Trinajstić information content (AvgIpc) is 3.34. The Morgan fingerprint density at radius 3 is 2.46 bits per heavy atom. The van der Waals surface area contributed by atoms with E-state index in [0.717, 1.165) is 22.6 Å². The number of thiophene rings is 1. The number of ketones is 1. The first-order valence-electron chi connectivity index (χ1n) is 8.38. The molecule has 2 aromatic heterocycles. The predicted octanol–water partition coefficient (Wildman–Crippen LogP) is 4.83. The maximum absolute atomic E-state index is 12.9. The number of anilines is 3. The van der Waals surface area contributed by atoms with Crippen molar-refractivity contribution in [3.05, 3.63) is 82.9 Å². The second kappa shape index (κ2) is 7.39. The van der Waals surface area contributed by atoms with E-state index in [1.807, 2.05) is 60.7 Å². The highest BCUT2D eigenvalue weighted by Gasteiger charge is 2.25. The molecular formula is C21H14N4O2S. The first kappa shape index (κ1) is 17.5. The maximum atomic E-state index is 12.9. The second-order valence-corrected chi connectivity index (χ2v) is 6.94. The molecule has 0 aliphatic rings. The van der Waals surface area contributed by atoms with Gasteiger partial charge >= 0.3 is 0 Å². The highest BCUT2D eigenvalue weighted by Crippen LogP contribution is 2.38. The van der Waals surface area contributed by atoms with Crippen LogP contribution in [0.2, 0.25) is 0 Å². The van der Waals surface area contributed by atoms with Gasteiger partial charge in [-0.1, -0.05) is 53.7 Å². The molecule has 7 heteroatoms. The molecule has 0 spiro atoms. The Balaban J connectivity index is 1.67. The number of nitrogen functional groups attached to an aromatic ring is 1. The SMILES string of the molecule is N#Cc1c(Nc2ccccc2)sc(C(=O)c2cc(-c3ccccc3)no2)c1N. The summed E-state index contributed by atoms with van der Waals surface area (Å²) < 4.78 is 5.24. The molecule has 0 unspecified atom stereocenters. The van der Waals surface area contributed by atoms with Crippen LogP contribution in [0.1, 0.15) is 21.0 Å². The zero-order chi connectivity index (χ0) is 19.5. The fourth-order valence-electron chi connectivity index (χ4n) is 2.70. The minimum Gasteiger partial charge on any atom is -0.396 e. The van der Waals surface area contributed by atoms with Crippen molar-refractivity contribution in [1.29, 1.82) is 5.26 Å². The number of nitrogens with one attached hydrogen (secondary N) is 1. The molecule has 6 nitrogen and oxygen atoms in total. The van der Waals surface area contributed by atoms with Gasteiger partial charge in [-0.3, -0.25) is 4.79 Å². The molecule has 2 heterocycles. The Labute approximate surface area is 164 Å². The van der Waals surface area contributed by atoms with E-state index >= 15 is 0 Å². The first-order valence-corrected chi connectivity index (χ1v) is 9.20. The normalized spacial score (nSPS) is 10.4. The molecule has 0 aliphatic carbocycles. The van der Waals surface area contributed by atoms with Crippen LogP contribution in [0.15, 0.2) is 71.3 Å². The topological polar surface area (TPSA) is 105 Å². The molecule has 0 radical (unpaired) electrons. The van der Waals surface area contributed by atoms with Gasteiger partial charge in [0.25, 0.3) is 0 Å². The summed E-state index contributed by atoms with van der Waals surface area (Å²) in [5.41, 5.74) is 8.65. The fourth-order valence-corrected chi connectivity index (χ4v) is 3.74. The minimum atomic E-state index is -0.408. The van der Waals surface area contributed by atoms with Crippen molar-refractivity contribution < 1.29 is 9.32 Å². The summed E-state index contributed by atoms with van der Waals surface area (Å²) in [6.07, 6.45) is 0. The number of nitrogens with two attached hydrogens (primary N) is 1. The molecule has 0 saturated heterocycles. The molecule has 2 aromatic carbocycles. The van der Waals surface area contributed by atoms with Crippen LogP contribution in [0.25, 0.3) is 11.3 Å². The number of para-hydroxylation sites is 1. The Bertz CT molecular complexity index is 1170. The third-order valence-corrected chi connectivity index (χ3v) is 5.22. The number of nitrogens with zero attached hydrogens (tertiary/aromatic N) is 2. The van der Waals surface area contributed by atoms with Crippen molar-refractivity contribution in [2.45, 2.75) is 0 Å². The van der Waals surface area contributed by atoms with Gasteiger partial charge in [-0.25, -0.2) is 0 Å². The number of hydrogen-bond acceptors (Lipinski definition) is 7. The molecule has 0 aliphatic heterocycles. The van der Waals surface area contributed by atoms with Gasteiger partial charge in [-0.15, -0.1) is 11.3 Å². The van der Waals surface area contributed by atoms with Crippen molar-refractivity contribution in [2.24, 2.45) is 0 Å². The molecule has 0 saturated carbocycles. The predicted molar refractivity (Wildman–Crippen MR) is 109 cm³/mol. The zero-order valence-electron chi connectivity index (χ0n) is 14.5. The first-order chi connectivity index (χ1) is 13.7. The lowest BCUT2D eigenvalue weighted by atomic mass is 10.1. The van der Waals surface area contributed by atoms with Crippen LogP contribution in [0.4, 0.5) is 16.4 Å². The van der Waals surface area contributed by atoms with E-state index in [-0.39, 0.29) is 21.9 Å². The van der Waals surface area contributed by atoms with Crippen molar-refractivity contribution in [1.82, 2.24) is 5.16 Å². The summed E-state index contributed by atoms with van der Waals surface area (Å²) in [7, 11) is 0. The monoisotopic (exact) mass is 386 g/mol. The molecule has 136 valence electrons. The molecule has 4 aromatic rings. The van der Waals surface area contributed by atoms with Gasteiger partial charge < -0.3 is 15.6 Å². The summed E-state index contributed by atoms with van der Waals surface area (Å²) in [5, 5.41) is 17.1. The van der Waals surface area contributed by atoms with Crippen LogP contribution in [0, 0.1) is 11.3 Å². The van der Waals surface area contributed by atoms with E-state index in [4.69, 9.17) is 10.3 Å². The Hall–Kier alpha value is -3.89. The van der Waals surface area contributed by atoms with Gasteiger partial charge in [-0.2, -0.15) is 5.26 Å². The van der Waals surface area contributed by atoms with Gasteiger partial charge in [-0.05, 0) is 12.1 Å². The minimum absolute atomic E-state index is 0.0718. The van der Waals surface area contributed by atoms with Crippen molar-refractivity contribution >= 4 is 33.5 Å². The van der Waals surface area contributed by atoms with Crippen LogP contribution in [0.5, 0.6) is 0 Å². The average molecular weight is 386 g/mol. The van der Waals surface area contributed by atoms with Crippen LogP contribution < -0.4 is 11.1 Å².